The highest BCUT2D eigenvalue weighted by atomic mass is 19.4. The van der Waals surface area contributed by atoms with E-state index < -0.39 is 11.7 Å². The maximum atomic E-state index is 13.1. The van der Waals surface area contributed by atoms with Gasteiger partial charge in [-0.25, -0.2) is 0 Å². The molecule has 20 heavy (non-hydrogen) atoms. The Labute approximate surface area is 116 Å². The van der Waals surface area contributed by atoms with Crippen LogP contribution >= 0.6 is 0 Å². The van der Waals surface area contributed by atoms with Gasteiger partial charge in [0.25, 0.3) is 0 Å². The van der Waals surface area contributed by atoms with E-state index in [1.54, 1.807) is 6.07 Å². The van der Waals surface area contributed by atoms with Gasteiger partial charge in [-0.15, -0.1) is 0 Å². The van der Waals surface area contributed by atoms with Crippen molar-refractivity contribution < 1.29 is 22.6 Å². The van der Waals surface area contributed by atoms with Crippen molar-refractivity contribution in [2.24, 2.45) is 0 Å². The van der Waals surface area contributed by atoms with Crippen molar-refractivity contribution >= 4 is 0 Å². The molecule has 0 radical (unpaired) electrons. The molecule has 0 aliphatic carbocycles. The molecule has 1 fully saturated rings. The molecule has 0 aromatic heterocycles. The summed E-state index contributed by atoms with van der Waals surface area (Å²) >= 11 is 0. The zero-order valence-corrected chi connectivity index (χ0v) is 11.5. The minimum absolute atomic E-state index is 0.121. The second kappa shape index (κ2) is 5.91. The first-order chi connectivity index (χ1) is 9.45. The smallest absolute Gasteiger partial charge is 0.420 e. The van der Waals surface area contributed by atoms with Gasteiger partial charge in [-0.3, -0.25) is 0 Å². The molecule has 1 saturated heterocycles. The first kappa shape index (κ1) is 15.0. The molecule has 0 spiro atoms. The van der Waals surface area contributed by atoms with Crippen LogP contribution in [0.5, 0.6) is 11.5 Å². The maximum Gasteiger partial charge on any atom is 0.420 e. The second-order valence-electron chi connectivity index (χ2n) is 4.87. The summed E-state index contributed by atoms with van der Waals surface area (Å²) in [5, 5.41) is 3.28. The number of ether oxygens (including phenoxy) is 2. The molecule has 1 aliphatic heterocycles. The summed E-state index contributed by atoms with van der Waals surface area (Å²) in [4.78, 5) is 0. The van der Waals surface area contributed by atoms with Crippen LogP contribution in [0, 0.1) is 0 Å². The zero-order valence-electron chi connectivity index (χ0n) is 11.5. The van der Waals surface area contributed by atoms with E-state index in [0.29, 0.717) is 12.0 Å². The lowest BCUT2D eigenvalue weighted by molar-refractivity contribution is -0.138. The van der Waals surface area contributed by atoms with Crippen molar-refractivity contribution in [2.45, 2.75) is 31.5 Å². The molecule has 112 valence electrons. The Kier molecular flexibility index (Phi) is 4.42. The van der Waals surface area contributed by atoms with Crippen LogP contribution in [0.25, 0.3) is 0 Å². The number of hydrogen-bond donors (Lipinski definition) is 1. The van der Waals surface area contributed by atoms with Crippen LogP contribution in [0.1, 0.15) is 24.0 Å². The van der Waals surface area contributed by atoms with Gasteiger partial charge >= 0.3 is 6.18 Å². The monoisotopic (exact) mass is 289 g/mol. The average Bonchev–Trinajstić information content (AvgIpc) is 2.89. The Hall–Kier alpha value is -1.43. The van der Waals surface area contributed by atoms with Gasteiger partial charge in [-0.2, -0.15) is 13.2 Å². The van der Waals surface area contributed by atoms with Gasteiger partial charge < -0.3 is 14.8 Å². The quantitative estimate of drug-likeness (QED) is 0.924. The lowest BCUT2D eigenvalue weighted by Gasteiger charge is -2.18. The highest BCUT2D eigenvalue weighted by molar-refractivity contribution is 5.51. The molecule has 6 heteroatoms. The Morgan fingerprint density at radius 3 is 2.50 bits per heavy atom. The third-order valence-electron chi connectivity index (χ3n) is 3.49. The number of alkyl halides is 3. The number of halogens is 3. The lowest BCUT2D eigenvalue weighted by atomic mass is 10.0. The fourth-order valence-corrected chi connectivity index (χ4v) is 2.57. The fourth-order valence-electron chi connectivity index (χ4n) is 2.57. The van der Waals surface area contributed by atoms with Crippen LogP contribution in [0.2, 0.25) is 0 Å². The molecule has 3 nitrogen and oxygen atoms in total. The molecule has 1 atom stereocenters. The molecule has 2 rings (SSSR count). The molecule has 0 bridgehead atoms. The lowest BCUT2D eigenvalue weighted by Crippen LogP contribution is -2.24. The molecule has 0 amide bonds. The summed E-state index contributed by atoms with van der Waals surface area (Å²) in [5.74, 6) is -0.140. The summed E-state index contributed by atoms with van der Waals surface area (Å²) in [5.41, 5.74) is -0.179. The highest BCUT2D eigenvalue weighted by Gasteiger charge is 2.36. The van der Waals surface area contributed by atoms with Gasteiger partial charge in [0, 0.05) is 6.04 Å². The van der Waals surface area contributed by atoms with E-state index in [-0.39, 0.29) is 17.5 Å². The van der Waals surface area contributed by atoms with Gasteiger partial charge in [-0.05, 0) is 43.5 Å². The molecular formula is C14H18F3NO2. The Morgan fingerprint density at radius 1 is 1.25 bits per heavy atom. The fraction of sp³-hybridized carbons (Fsp3) is 0.571. The van der Waals surface area contributed by atoms with Crippen molar-refractivity contribution in [3.63, 3.8) is 0 Å². The minimum Gasteiger partial charge on any atom is -0.493 e. The first-order valence-electron chi connectivity index (χ1n) is 6.51. The van der Waals surface area contributed by atoms with Crippen LogP contribution in [0.3, 0.4) is 0 Å². The van der Waals surface area contributed by atoms with Crippen LogP contribution < -0.4 is 14.8 Å². The Balaban J connectivity index is 2.37. The molecule has 1 N–H and O–H groups in total. The molecule has 1 unspecified atom stereocenters. The van der Waals surface area contributed by atoms with Crippen molar-refractivity contribution in [1.82, 2.24) is 5.32 Å². The van der Waals surface area contributed by atoms with Crippen LogP contribution in [0.15, 0.2) is 12.1 Å². The van der Waals surface area contributed by atoms with Gasteiger partial charge in [0.2, 0.25) is 0 Å². The van der Waals surface area contributed by atoms with E-state index in [1.807, 2.05) is 0 Å². The summed E-state index contributed by atoms with van der Waals surface area (Å²) in [6, 6.07) is 3.00. The molecule has 0 saturated carbocycles. The van der Waals surface area contributed by atoms with Crippen molar-refractivity contribution in [3.05, 3.63) is 23.3 Å². The molecule has 1 aromatic rings. The van der Waals surface area contributed by atoms with Gasteiger partial charge in [0.15, 0.2) is 11.5 Å². The van der Waals surface area contributed by atoms with Gasteiger partial charge in [0.1, 0.15) is 5.56 Å². The summed E-state index contributed by atoms with van der Waals surface area (Å²) in [7, 11) is 2.56. The van der Waals surface area contributed by atoms with Gasteiger partial charge in [0.05, 0.1) is 14.2 Å². The molecular weight excluding hydrogens is 271 g/mol. The van der Waals surface area contributed by atoms with E-state index >= 15 is 0 Å². The summed E-state index contributed by atoms with van der Waals surface area (Å²) in [6.07, 6.45) is -1.86. The van der Waals surface area contributed by atoms with Crippen LogP contribution in [-0.4, -0.2) is 26.8 Å². The number of benzene rings is 1. The Morgan fingerprint density at radius 2 is 2.00 bits per heavy atom. The predicted molar refractivity (Wildman–Crippen MR) is 69.3 cm³/mol. The van der Waals surface area contributed by atoms with E-state index in [2.05, 4.69) is 5.32 Å². The normalized spacial score (nSPS) is 19.1. The van der Waals surface area contributed by atoms with Crippen LogP contribution in [0.4, 0.5) is 13.2 Å². The topological polar surface area (TPSA) is 30.5 Å². The molecule has 1 aliphatic rings. The van der Waals surface area contributed by atoms with E-state index in [9.17, 15) is 13.2 Å². The van der Waals surface area contributed by atoms with Crippen molar-refractivity contribution in [3.8, 4) is 11.5 Å². The highest BCUT2D eigenvalue weighted by Crippen LogP contribution is 2.42. The number of methoxy groups -OCH3 is 2. The van der Waals surface area contributed by atoms with Crippen LogP contribution in [-0.2, 0) is 12.6 Å². The Bertz CT molecular complexity index is 468. The summed E-state index contributed by atoms with van der Waals surface area (Å²) in [6.45, 7) is 0.921. The van der Waals surface area contributed by atoms with E-state index in [1.165, 1.54) is 14.2 Å². The van der Waals surface area contributed by atoms with E-state index in [0.717, 1.165) is 25.5 Å². The first-order valence-corrected chi connectivity index (χ1v) is 6.51. The number of hydrogen-bond acceptors (Lipinski definition) is 3. The third-order valence-corrected chi connectivity index (χ3v) is 3.49. The standard InChI is InChI=1S/C14H18F3NO2/c1-19-12-8-9(6-10-4-3-5-18-10)7-11(13(12)20-2)14(15,16)17/h7-8,10,18H,3-6H2,1-2H3. The molecule has 1 heterocycles. The van der Waals surface area contributed by atoms with E-state index in [4.69, 9.17) is 9.47 Å². The maximum absolute atomic E-state index is 13.1. The predicted octanol–water partition coefficient (Wildman–Crippen LogP) is 3.02. The molecule has 1 aromatic carbocycles. The second-order valence-corrected chi connectivity index (χ2v) is 4.87. The van der Waals surface area contributed by atoms with Gasteiger partial charge in [-0.1, -0.05) is 0 Å². The number of nitrogens with one attached hydrogen (secondary N) is 1. The largest absolute Gasteiger partial charge is 0.493 e. The van der Waals surface area contributed by atoms with Crippen molar-refractivity contribution in [2.75, 3.05) is 20.8 Å². The minimum atomic E-state index is -4.46. The SMILES string of the molecule is COc1cc(CC2CCCN2)cc(C(F)(F)F)c1OC. The van der Waals surface area contributed by atoms with Crippen molar-refractivity contribution in [1.29, 1.82) is 0 Å². The average molecular weight is 289 g/mol. The summed E-state index contributed by atoms with van der Waals surface area (Å²) < 4.78 is 49.2. The third kappa shape index (κ3) is 3.17. The number of rotatable bonds is 4. The zero-order chi connectivity index (χ0) is 14.8.